The quantitative estimate of drug-likeness (QED) is 0.794. The number of anilines is 1. The van der Waals surface area contributed by atoms with Gasteiger partial charge in [0.2, 0.25) is 5.91 Å². The van der Waals surface area contributed by atoms with Gasteiger partial charge in [-0.05, 0) is 54.8 Å². The van der Waals surface area contributed by atoms with Gasteiger partial charge in [-0.25, -0.2) is 0 Å². The van der Waals surface area contributed by atoms with E-state index in [4.69, 9.17) is 14.2 Å². The fraction of sp³-hybridized carbons (Fsp3) is 0.286. The van der Waals surface area contributed by atoms with Crippen LogP contribution >= 0.6 is 0 Å². The molecule has 0 aliphatic rings. The molecule has 0 aromatic heterocycles. The Balaban J connectivity index is 2.49. The highest BCUT2D eigenvalue weighted by molar-refractivity contribution is 5.92. The summed E-state index contributed by atoms with van der Waals surface area (Å²) >= 11 is 0. The highest BCUT2D eigenvalue weighted by Crippen LogP contribution is 2.35. The highest BCUT2D eigenvalue weighted by atomic mass is 16.5. The van der Waals surface area contributed by atoms with Crippen LogP contribution in [0.3, 0.4) is 0 Å². The molecule has 1 amide bonds. The van der Waals surface area contributed by atoms with Crippen LogP contribution < -0.4 is 19.5 Å². The number of hydrogen-bond acceptors (Lipinski definition) is 4. The molecule has 0 heterocycles. The first-order valence-corrected chi connectivity index (χ1v) is 8.47. The molecule has 26 heavy (non-hydrogen) atoms. The molecule has 0 saturated carbocycles. The second-order valence-electron chi connectivity index (χ2n) is 5.60. The van der Waals surface area contributed by atoms with Gasteiger partial charge in [0, 0.05) is 6.92 Å². The summed E-state index contributed by atoms with van der Waals surface area (Å²) in [7, 11) is 3.20. The van der Waals surface area contributed by atoms with Crippen molar-refractivity contribution < 1.29 is 19.0 Å². The average molecular weight is 355 g/mol. The third-order valence-electron chi connectivity index (χ3n) is 3.88. The molecule has 0 radical (unpaired) electrons. The molecule has 0 aliphatic carbocycles. The Kier molecular flexibility index (Phi) is 6.67. The lowest BCUT2D eigenvalue weighted by Gasteiger charge is -2.15. The van der Waals surface area contributed by atoms with E-state index >= 15 is 0 Å². The van der Waals surface area contributed by atoms with Gasteiger partial charge in [-0.3, -0.25) is 4.79 Å². The smallest absolute Gasteiger partial charge is 0.221 e. The first-order chi connectivity index (χ1) is 12.5. The lowest BCUT2D eigenvalue weighted by Crippen LogP contribution is -2.07. The predicted molar refractivity (Wildman–Crippen MR) is 104 cm³/mol. The monoisotopic (exact) mass is 355 g/mol. The van der Waals surface area contributed by atoms with Crippen molar-refractivity contribution >= 4 is 17.2 Å². The van der Waals surface area contributed by atoms with Gasteiger partial charge in [0.1, 0.15) is 5.75 Å². The molecule has 0 atom stereocenters. The number of benzene rings is 2. The van der Waals surface area contributed by atoms with E-state index in [-0.39, 0.29) is 5.91 Å². The number of amides is 1. The molecule has 2 aromatic carbocycles. The second-order valence-corrected chi connectivity index (χ2v) is 5.60. The van der Waals surface area contributed by atoms with E-state index in [0.29, 0.717) is 29.5 Å². The van der Waals surface area contributed by atoms with E-state index in [1.807, 2.05) is 56.3 Å². The van der Waals surface area contributed by atoms with Gasteiger partial charge in [-0.15, -0.1) is 0 Å². The molecule has 1 N–H and O–H groups in total. The van der Waals surface area contributed by atoms with Crippen molar-refractivity contribution in [3.8, 4) is 17.2 Å². The van der Waals surface area contributed by atoms with Crippen LogP contribution in [0.5, 0.6) is 17.2 Å². The normalized spacial score (nSPS) is 11.0. The Hall–Kier alpha value is -2.95. The molecule has 138 valence electrons. The van der Waals surface area contributed by atoms with Gasteiger partial charge >= 0.3 is 0 Å². The summed E-state index contributed by atoms with van der Waals surface area (Å²) in [6, 6.07) is 11.5. The molecule has 0 fully saturated rings. The second kappa shape index (κ2) is 8.94. The molecular weight excluding hydrogens is 330 g/mol. The molecule has 2 aromatic rings. The van der Waals surface area contributed by atoms with Crippen molar-refractivity contribution in [1.29, 1.82) is 0 Å². The number of nitrogens with one attached hydrogen (secondary N) is 1. The Morgan fingerprint density at radius 3 is 2.15 bits per heavy atom. The zero-order chi connectivity index (χ0) is 19.1. The minimum absolute atomic E-state index is 0.148. The van der Waals surface area contributed by atoms with Crippen LogP contribution in [0.1, 0.15) is 31.9 Å². The van der Waals surface area contributed by atoms with Crippen LogP contribution in [0.2, 0.25) is 0 Å². The maximum absolute atomic E-state index is 11.5. The van der Waals surface area contributed by atoms with E-state index < -0.39 is 0 Å². The fourth-order valence-corrected chi connectivity index (χ4v) is 2.78. The van der Waals surface area contributed by atoms with Gasteiger partial charge in [0.05, 0.1) is 26.5 Å². The molecule has 0 saturated heterocycles. The fourth-order valence-electron chi connectivity index (χ4n) is 2.78. The van der Waals surface area contributed by atoms with Gasteiger partial charge in [-0.2, -0.15) is 0 Å². The number of rotatable bonds is 7. The van der Waals surface area contributed by atoms with Crippen molar-refractivity contribution in [2.75, 3.05) is 26.1 Å². The van der Waals surface area contributed by atoms with E-state index in [0.717, 1.165) is 16.7 Å². The summed E-state index contributed by atoms with van der Waals surface area (Å²) < 4.78 is 16.4. The third kappa shape index (κ3) is 4.36. The maximum Gasteiger partial charge on any atom is 0.221 e. The first-order valence-electron chi connectivity index (χ1n) is 8.47. The van der Waals surface area contributed by atoms with Crippen LogP contribution in [0.4, 0.5) is 5.69 Å². The SMILES string of the molecule is C/C=C(\c1ccc(OC)c(NC(C)=O)c1)c1ccc(OC)c(OCC)c1. The van der Waals surface area contributed by atoms with E-state index in [2.05, 4.69) is 5.32 Å². The molecule has 2 rings (SSSR count). The number of carbonyl (C=O) groups excluding carboxylic acids is 1. The number of allylic oxidation sites excluding steroid dienone is 1. The van der Waals surface area contributed by atoms with Crippen LogP contribution in [0.15, 0.2) is 42.5 Å². The topological polar surface area (TPSA) is 56.8 Å². The minimum Gasteiger partial charge on any atom is -0.495 e. The Labute approximate surface area is 154 Å². The number of carbonyl (C=O) groups is 1. The lowest BCUT2D eigenvalue weighted by molar-refractivity contribution is -0.114. The van der Waals surface area contributed by atoms with Gasteiger partial charge < -0.3 is 19.5 Å². The summed E-state index contributed by atoms with van der Waals surface area (Å²) in [6.45, 7) is 5.94. The van der Waals surface area contributed by atoms with Crippen molar-refractivity contribution in [1.82, 2.24) is 0 Å². The molecule has 0 aliphatic heterocycles. The summed E-state index contributed by atoms with van der Waals surface area (Å²) in [5, 5.41) is 2.81. The van der Waals surface area contributed by atoms with Crippen LogP contribution in [-0.4, -0.2) is 26.7 Å². The van der Waals surface area contributed by atoms with Gasteiger partial charge in [0.25, 0.3) is 0 Å². The van der Waals surface area contributed by atoms with Crippen molar-refractivity contribution in [2.24, 2.45) is 0 Å². The summed E-state index contributed by atoms with van der Waals surface area (Å²) in [4.78, 5) is 11.5. The Morgan fingerprint density at radius 1 is 1.00 bits per heavy atom. The number of hydrogen-bond donors (Lipinski definition) is 1. The van der Waals surface area contributed by atoms with E-state index in [1.54, 1.807) is 14.2 Å². The molecule has 5 heteroatoms. The van der Waals surface area contributed by atoms with Crippen LogP contribution in [0, 0.1) is 0 Å². The highest BCUT2D eigenvalue weighted by Gasteiger charge is 2.13. The molecule has 0 unspecified atom stereocenters. The molecular formula is C21H25NO4. The van der Waals surface area contributed by atoms with Crippen molar-refractivity contribution in [3.63, 3.8) is 0 Å². The molecule has 0 bridgehead atoms. The van der Waals surface area contributed by atoms with E-state index in [9.17, 15) is 4.79 Å². The lowest BCUT2D eigenvalue weighted by atomic mass is 9.96. The summed E-state index contributed by atoms with van der Waals surface area (Å²) in [5.74, 6) is 1.86. The zero-order valence-corrected chi connectivity index (χ0v) is 15.9. The summed E-state index contributed by atoms with van der Waals surface area (Å²) in [5.41, 5.74) is 3.61. The van der Waals surface area contributed by atoms with Crippen LogP contribution in [-0.2, 0) is 4.79 Å². The van der Waals surface area contributed by atoms with Gasteiger partial charge in [-0.1, -0.05) is 18.2 Å². The molecule has 5 nitrogen and oxygen atoms in total. The zero-order valence-electron chi connectivity index (χ0n) is 15.9. The van der Waals surface area contributed by atoms with Crippen molar-refractivity contribution in [2.45, 2.75) is 20.8 Å². The van der Waals surface area contributed by atoms with E-state index in [1.165, 1.54) is 6.92 Å². The third-order valence-corrected chi connectivity index (χ3v) is 3.88. The first kappa shape index (κ1) is 19.4. The minimum atomic E-state index is -0.148. The standard InChI is InChI=1S/C21H25NO4/c1-6-17(16-9-11-20(25-5)21(13-16)26-7-2)15-8-10-19(24-4)18(12-15)22-14(3)23/h6,8-13H,7H2,1-5H3,(H,22,23)/b17-6+. The number of methoxy groups -OCH3 is 2. The van der Waals surface area contributed by atoms with Gasteiger partial charge in [0.15, 0.2) is 11.5 Å². The average Bonchev–Trinajstić information content (AvgIpc) is 2.63. The van der Waals surface area contributed by atoms with Crippen LogP contribution in [0.25, 0.3) is 5.57 Å². The Bertz CT molecular complexity index is 812. The summed E-state index contributed by atoms with van der Waals surface area (Å²) in [6.07, 6.45) is 2.02. The van der Waals surface area contributed by atoms with Crippen molar-refractivity contribution in [3.05, 3.63) is 53.6 Å². The Morgan fingerprint density at radius 2 is 1.62 bits per heavy atom. The maximum atomic E-state index is 11.5. The number of ether oxygens (including phenoxy) is 3. The molecule has 0 spiro atoms. The largest absolute Gasteiger partial charge is 0.495 e. The predicted octanol–water partition coefficient (Wildman–Crippen LogP) is 4.51.